The number of carbonyl (C=O) groups is 1. The predicted octanol–water partition coefficient (Wildman–Crippen LogP) is 3.13. The van der Waals surface area contributed by atoms with Crippen molar-refractivity contribution in [2.75, 3.05) is 25.1 Å². The number of nitrogens with one attached hydrogen (secondary N) is 2. The lowest BCUT2D eigenvalue weighted by atomic mass is 10.2. The molecule has 2 N–H and O–H groups in total. The molecule has 5 nitrogen and oxygen atoms in total. The van der Waals surface area contributed by atoms with Crippen LogP contribution in [0.4, 0.5) is 28.0 Å². The molecule has 122 valence electrons. The van der Waals surface area contributed by atoms with Gasteiger partial charge in [-0.05, 0) is 0 Å². The number of hydrogen-bond donors (Lipinski definition) is 2. The van der Waals surface area contributed by atoms with Crippen LogP contribution in [0.3, 0.4) is 0 Å². The van der Waals surface area contributed by atoms with Crippen molar-refractivity contribution in [3.8, 4) is 11.5 Å². The van der Waals surface area contributed by atoms with Crippen molar-refractivity contribution in [3.63, 3.8) is 0 Å². The maximum absolute atomic E-state index is 12.7. The van der Waals surface area contributed by atoms with Gasteiger partial charge in [0.05, 0.1) is 17.3 Å². The highest BCUT2D eigenvalue weighted by atomic mass is 35.5. The van der Waals surface area contributed by atoms with Crippen molar-refractivity contribution in [2.24, 2.45) is 0 Å². The number of halogens is 5. The molecular weight excluding hydrogens is 332 g/mol. The second-order valence-corrected chi connectivity index (χ2v) is 4.75. The average molecular weight is 343 g/mol. The van der Waals surface area contributed by atoms with Gasteiger partial charge in [-0.2, -0.15) is 8.78 Å². The highest BCUT2D eigenvalue weighted by Gasteiger charge is 2.40. The fraction of sp³-hybridized carbons (Fsp3) is 0.417. The molecule has 0 aliphatic carbocycles. The van der Waals surface area contributed by atoms with Crippen molar-refractivity contribution in [1.29, 1.82) is 0 Å². The zero-order valence-corrected chi connectivity index (χ0v) is 11.7. The quantitative estimate of drug-likeness (QED) is 0.826. The van der Waals surface area contributed by atoms with E-state index in [1.807, 2.05) is 0 Å². The lowest BCUT2D eigenvalue weighted by Gasteiger charge is -2.20. The molecule has 0 bridgehead atoms. The van der Waals surface area contributed by atoms with Gasteiger partial charge in [-0.15, -0.1) is 0 Å². The van der Waals surface area contributed by atoms with Gasteiger partial charge < -0.3 is 20.1 Å². The van der Waals surface area contributed by atoms with Crippen molar-refractivity contribution in [1.82, 2.24) is 5.32 Å². The maximum atomic E-state index is 12.7. The summed E-state index contributed by atoms with van der Waals surface area (Å²) >= 11 is 5.90. The van der Waals surface area contributed by atoms with E-state index in [4.69, 9.17) is 21.1 Å². The summed E-state index contributed by atoms with van der Waals surface area (Å²) in [6.07, 6.45) is -3.87. The highest BCUT2D eigenvalue weighted by Crippen LogP contribution is 2.37. The van der Waals surface area contributed by atoms with E-state index in [0.717, 1.165) is 0 Å². The van der Waals surface area contributed by atoms with Crippen LogP contribution >= 0.6 is 11.6 Å². The number of urea groups is 1. The molecule has 0 saturated heterocycles. The van der Waals surface area contributed by atoms with Crippen LogP contribution in [0.15, 0.2) is 12.1 Å². The van der Waals surface area contributed by atoms with E-state index < -0.39 is 24.9 Å². The summed E-state index contributed by atoms with van der Waals surface area (Å²) in [4.78, 5) is 11.5. The van der Waals surface area contributed by atoms with Crippen molar-refractivity contribution in [2.45, 2.75) is 12.3 Å². The van der Waals surface area contributed by atoms with Gasteiger partial charge in [-0.1, -0.05) is 11.6 Å². The average Bonchev–Trinajstić information content (AvgIpc) is 2.46. The van der Waals surface area contributed by atoms with Gasteiger partial charge in [0.25, 0.3) is 0 Å². The lowest BCUT2D eigenvalue weighted by Crippen LogP contribution is -2.43. The maximum Gasteiger partial charge on any atom is 0.324 e. The third kappa shape index (κ3) is 3.85. The van der Waals surface area contributed by atoms with Gasteiger partial charge in [-0.25, -0.2) is 13.6 Å². The molecule has 1 aliphatic rings. The number of hydrogen-bond acceptors (Lipinski definition) is 3. The Morgan fingerprint density at radius 2 is 1.86 bits per heavy atom. The molecule has 1 heterocycles. The van der Waals surface area contributed by atoms with Crippen LogP contribution in [0, 0.1) is 0 Å². The fourth-order valence-electron chi connectivity index (χ4n) is 1.60. The minimum Gasteiger partial charge on any atom is -0.486 e. The Bertz CT molecular complexity index is 572. The van der Waals surface area contributed by atoms with Crippen LogP contribution in [-0.4, -0.2) is 38.1 Å². The minimum absolute atomic E-state index is 0.0729. The molecule has 0 unspecified atom stereocenters. The van der Waals surface area contributed by atoms with Crippen molar-refractivity contribution < 1.29 is 31.8 Å². The zero-order valence-electron chi connectivity index (χ0n) is 11.0. The first-order valence-corrected chi connectivity index (χ1v) is 6.47. The number of amides is 2. The number of rotatable bonds is 4. The van der Waals surface area contributed by atoms with Gasteiger partial charge >= 0.3 is 18.4 Å². The van der Waals surface area contributed by atoms with Crippen LogP contribution in [-0.2, 0) is 0 Å². The molecule has 1 aromatic rings. The number of carbonyl (C=O) groups excluding carboxylic acids is 1. The minimum atomic E-state index is -4.31. The third-order valence-electron chi connectivity index (χ3n) is 2.68. The molecule has 1 aliphatic heterocycles. The Morgan fingerprint density at radius 3 is 2.45 bits per heavy atom. The largest absolute Gasteiger partial charge is 0.486 e. The molecule has 0 radical (unpaired) electrons. The van der Waals surface area contributed by atoms with Gasteiger partial charge in [0.1, 0.15) is 13.2 Å². The van der Waals surface area contributed by atoms with Crippen LogP contribution in [0.1, 0.15) is 0 Å². The van der Waals surface area contributed by atoms with Crippen LogP contribution in [0.5, 0.6) is 11.5 Å². The summed E-state index contributed by atoms with van der Waals surface area (Å²) in [7, 11) is 0. The Kier molecular flexibility index (Phi) is 4.84. The van der Waals surface area contributed by atoms with E-state index in [-0.39, 0.29) is 10.7 Å². The molecule has 0 saturated carbocycles. The Morgan fingerprint density at radius 1 is 1.27 bits per heavy atom. The molecule has 2 rings (SSSR count). The fourth-order valence-corrected chi connectivity index (χ4v) is 1.80. The smallest absolute Gasteiger partial charge is 0.324 e. The van der Waals surface area contributed by atoms with Gasteiger partial charge in [0.15, 0.2) is 11.5 Å². The van der Waals surface area contributed by atoms with Crippen molar-refractivity contribution >= 4 is 23.3 Å². The van der Waals surface area contributed by atoms with E-state index >= 15 is 0 Å². The van der Waals surface area contributed by atoms with Crippen LogP contribution in [0.2, 0.25) is 5.02 Å². The first kappa shape index (κ1) is 16.5. The standard InChI is InChI=1S/C12H11ClF4N2O3/c13-6-3-8-9(22-2-1-21-8)4-7(6)19-11(20)18-5-12(16,17)10(14)15/h3-4,10H,1-2,5H2,(H2,18,19,20). The second kappa shape index (κ2) is 6.47. The molecule has 0 fully saturated rings. The predicted molar refractivity (Wildman–Crippen MR) is 70.4 cm³/mol. The first-order chi connectivity index (χ1) is 10.3. The Hall–Kier alpha value is -1.90. The summed E-state index contributed by atoms with van der Waals surface area (Å²) in [5.74, 6) is -3.61. The summed E-state index contributed by atoms with van der Waals surface area (Å²) in [5, 5.41) is 3.91. The van der Waals surface area contributed by atoms with E-state index in [0.29, 0.717) is 24.7 Å². The van der Waals surface area contributed by atoms with Crippen LogP contribution < -0.4 is 20.1 Å². The molecule has 0 aromatic heterocycles. The SMILES string of the molecule is O=C(NCC(F)(F)C(F)F)Nc1cc2c(cc1Cl)OCCO2. The van der Waals surface area contributed by atoms with Gasteiger partial charge in [0, 0.05) is 12.1 Å². The van der Waals surface area contributed by atoms with Crippen LogP contribution in [0.25, 0.3) is 0 Å². The molecular formula is C12H11ClF4N2O3. The lowest BCUT2D eigenvalue weighted by molar-refractivity contribution is -0.123. The van der Waals surface area contributed by atoms with E-state index in [2.05, 4.69) is 5.32 Å². The van der Waals surface area contributed by atoms with Gasteiger partial charge in [0.2, 0.25) is 0 Å². The monoisotopic (exact) mass is 342 g/mol. The van der Waals surface area contributed by atoms with Crippen molar-refractivity contribution in [3.05, 3.63) is 17.2 Å². The summed E-state index contributed by atoms with van der Waals surface area (Å²) < 4.78 is 59.9. The number of alkyl halides is 4. The Labute approximate surface area is 127 Å². The molecule has 22 heavy (non-hydrogen) atoms. The topological polar surface area (TPSA) is 59.6 Å². The first-order valence-electron chi connectivity index (χ1n) is 6.09. The van der Waals surface area contributed by atoms with Gasteiger partial charge in [-0.3, -0.25) is 0 Å². The number of benzene rings is 1. The molecule has 2 amide bonds. The number of fused-ring (bicyclic) bond motifs is 1. The van der Waals surface area contributed by atoms with E-state index in [1.165, 1.54) is 12.1 Å². The molecule has 0 spiro atoms. The summed E-state index contributed by atoms with van der Waals surface area (Å²) in [6.45, 7) is -0.848. The highest BCUT2D eigenvalue weighted by molar-refractivity contribution is 6.34. The molecule has 0 atom stereocenters. The molecule has 10 heteroatoms. The zero-order chi connectivity index (χ0) is 16.3. The third-order valence-corrected chi connectivity index (χ3v) is 3.00. The normalized spacial score (nSPS) is 13.9. The molecule has 1 aromatic carbocycles. The summed E-state index contributed by atoms with van der Waals surface area (Å²) in [5.41, 5.74) is 0.0729. The Balaban J connectivity index is 2.00. The van der Waals surface area contributed by atoms with E-state index in [9.17, 15) is 22.4 Å². The second-order valence-electron chi connectivity index (χ2n) is 4.35. The van der Waals surface area contributed by atoms with E-state index in [1.54, 1.807) is 5.32 Å². The number of ether oxygens (including phenoxy) is 2. The summed E-state index contributed by atoms with van der Waals surface area (Å²) in [6, 6.07) is 1.64. The number of anilines is 1.